The number of ether oxygens (including phenoxy) is 4. The highest BCUT2D eigenvalue weighted by Crippen LogP contribution is 2.25. The van der Waals surface area contributed by atoms with Crippen molar-refractivity contribution in [3.63, 3.8) is 0 Å². The van der Waals surface area contributed by atoms with Crippen molar-refractivity contribution < 1.29 is 44.5 Å². The normalized spacial score (nSPS) is 23.9. The summed E-state index contributed by atoms with van der Waals surface area (Å²) >= 11 is 0. The van der Waals surface area contributed by atoms with Gasteiger partial charge in [-0.2, -0.15) is 0 Å². The topological polar surface area (TPSA) is 138 Å². The van der Waals surface area contributed by atoms with E-state index in [1.807, 2.05) is 12.1 Å². The first-order valence-corrected chi connectivity index (χ1v) is 11.6. The highest BCUT2D eigenvalue weighted by atomic mass is 16.7. The summed E-state index contributed by atoms with van der Waals surface area (Å²) in [4.78, 5) is 0. The van der Waals surface area contributed by atoms with Crippen LogP contribution in [0.4, 0.5) is 0 Å². The average molecular weight is 499 g/mol. The number of hydrogen-bond donors (Lipinski definition) is 5. The van der Waals surface area contributed by atoms with E-state index in [0.717, 1.165) is 16.7 Å². The van der Waals surface area contributed by atoms with Gasteiger partial charge in [0.25, 0.3) is 0 Å². The standard InChI is InChI=1S/C27H30O9/c28-20-7-1-17(2-8-20)13-33-14-19-5-11-22(12-6-19)35-27-26(32)25(31)24(30)23(36-27)16-34-15-18-3-9-21(29)10-4-18/h1-12,23-32H,13-16H2/t23-,24-,25+,26-,27-/m1/s1. The molecule has 36 heavy (non-hydrogen) atoms. The first kappa shape index (κ1) is 25.9. The number of phenolic OH excluding ortho intramolecular Hbond substituents is 2. The molecule has 0 aliphatic carbocycles. The van der Waals surface area contributed by atoms with E-state index in [1.54, 1.807) is 60.7 Å². The molecule has 0 radical (unpaired) electrons. The quantitative estimate of drug-likeness (QED) is 0.285. The maximum absolute atomic E-state index is 10.4. The molecule has 0 amide bonds. The first-order chi connectivity index (χ1) is 17.4. The Hall–Kier alpha value is -3.18. The third-order valence-electron chi connectivity index (χ3n) is 5.81. The lowest BCUT2D eigenvalue weighted by molar-refractivity contribution is -0.280. The Morgan fingerprint density at radius 3 is 1.58 bits per heavy atom. The number of aromatic hydroxyl groups is 2. The molecule has 1 saturated heterocycles. The van der Waals surface area contributed by atoms with Gasteiger partial charge in [0.15, 0.2) is 0 Å². The van der Waals surface area contributed by atoms with Crippen LogP contribution in [-0.2, 0) is 34.0 Å². The molecule has 1 heterocycles. The van der Waals surface area contributed by atoms with Crippen molar-refractivity contribution in [1.82, 2.24) is 0 Å². The van der Waals surface area contributed by atoms with E-state index in [0.29, 0.717) is 19.0 Å². The summed E-state index contributed by atoms with van der Waals surface area (Å²) in [6, 6.07) is 20.3. The fraction of sp³-hybridized carbons (Fsp3) is 0.333. The van der Waals surface area contributed by atoms with Crippen molar-refractivity contribution in [2.75, 3.05) is 6.61 Å². The van der Waals surface area contributed by atoms with Crippen LogP contribution in [-0.4, -0.2) is 62.8 Å². The van der Waals surface area contributed by atoms with Crippen molar-refractivity contribution >= 4 is 0 Å². The molecule has 0 saturated carbocycles. The lowest BCUT2D eigenvalue weighted by Gasteiger charge is -2.40. The van der Waals surface area contributed by atoms with Crippen molar-refractivity contribution in [3.8, 4) is 17.2 Å². The maximum Gasteiger partial charge on any atom is 0.229 e. The van der Waals surface area contributed by atoms with E-state index in [-0.39, 0.29) is 24.7 Å². The van der Waals surface area contributed by atoms with E-state index >= 15 is 0 Å². The third kappa shape index (κ3) is 6.94. The fourth-order valence-electron chi connectivity index (χ4n) is 3.71. The average Bonchev–Trinajstić information content (AvgIpc) is 2.88. The second kappa shape index (κ2) is 12.2. The summed E-state index contributed by atoms with van der Waals surface area (Å²) in [6.07, 6.45) is -6.41. The molecule has 3 aromatic carbocycles. The van der Waals surface area contributed by atoms with Crippen LogP contribution in [0.15, 0.2) is 72.8 Å². The summed E-state index contributed by atoms with van der Waals surface area (Å²) in [6.45, 7) is 0.947. The summed E-state index contributed by atoms with van der Waals surface area (Å²) in [7, 11) is 0. The van der Waals surface area contributed by atoms with Gasteiger partial charge in [-0.3, -0.25) is 0 Å². The third-order valence-corrected chi connectivity index (χ3v) is 5.81. The molecule has 1 aliphatic rings. The van der Waals surface area contributed by atoms with Gasteiger partial charge in [-0.15, -0.1) is 0 Å². The van der Waals surface area contributed by atoms with Crippen LogP contribution in [0.5, 0.6) is 17.2 Å². The molecule has 1 fully saturated rings. The summed E-state index contributed by atoms with van der Waals surface area (Å²) in [5.41, 5.74) is 2.67. The molecule has 3 aromatic rings. The molecule has 5 N–H and O–H groups in total. The molecule has 0 spiro atoms. The molecule has 5 atom stereocenters. The molecular weight excluding hydrogens is 468 g/mol. The number of benzene rings is 3. The van der Waals surface area contributed by atoms with Gasteiger partial charge >= 0.3 is 0 Å². The van der Waals surface area contributed by atoms with Crippen LogP contribution < -0.4 is 4.74 Å². The predicted molar refractivity (Wildman–Crippen MR) is 128 cm³/mol. The van der Waals surface area contributed by atoms with Crippen molar-refractivity contribution in [2.24, 2.45) is 0 Å². The first-order valence-electron chi connectivity index (χ1n) is 11.6. The zero-order valence-electron chi connectivity index (χ0n) is 19.5. The van der Waals surface area contributed by atoms with Gasteiger partial charge in [0.2, 0.25) is 6.29 Å². The van der Waals surface area contributed by atoms with Gasteiger partial charge in [-0.05, 0) is 53.1 Å². The van der Waals surface area contributed by atoms with E-state index in [2.05, 4.69) is 0 Å². The van der Waals surface area contributed by atoms with E-state index < -0.39 is 30.7 Å². The molecular formula is C27H30O9. The Morgan fingerprint density at radius 1 is 0.583 bits per heavy atom. The number of rotatable bonds is 10. The minimum Gasteiger partial charge on any atom is -0.508 e. The Kier molecular flexibility index (Phi) is 8.76. The number of aliphatic hydroxyl groups is 3. The smallest absolute Gasteiger partial charge is 0.229 e. The van der Waals surface area contributed by atoms with E-state index in [4.69, 9.17) is 18.9 Å². The summed E-state index contributed by atoms with van der Waals surface area (Å²) in [5, 5.41) is 49.6. The van der Waals surface area contributed by atoms with Crippen LogP contribution in [0, 0.1) is 0 Å². The van der Waals surface area contributed by atoms with Crippen molar-refractivity contribution in [2.45, 2.75) is 50.5 Å². The summed E-state index contributed by atoms with van der Waals surface area (Å²) in [5.74, 6) is 0.765. The van der Waals surface area contributed by atoms with Gasteiger partial charge in [0, 0.05) is 0 Å². The largest absolute Gasteiger partial charge is 0.508 e. The van der Waals surface area contributed by atoms with Gasteiger partial charge < -0.3 is 44.5 Å². The van der Waals surface area contributed by atoms with Crippen LogP contribution in [0.3, 0.4) is 0 Å². The zero-order chi connectivity index (χ0) is 25.5. The summed E-state index contributed by atoms with van der Waals surface area (Å²) < 4.78 is 22.7. The monoisotopic (exact) mass is 498 g/mol. The zero-order valence-corrected chi connectivity index (χ0v) is 19.5. The minimum atomic E-state index is -1.47. The van der Waals surface area contributed by atoms with Gasteiger partial charge in [0.05, 0.1) is 26.4 Å². The predicted octanol–water partition coefficient (Wildman–Crippen LogP) is 2.22. The number of phenols is 2. The minimum absolute atomic E-state index is 0.0387. The molecule has 0 aromatic heterocycles. The lowest BCUT2D eigenvalue weighted by Crippen LogP contribution is -2.60. The SMILES string of the molecule is Oc1ccc(COCc2ccc(O[C@@H]3O[C@H](COCc4ccc(O)cc4)[C@@H](O)[C@H](O)[C@H]3O)cc2)cc1. The number of aliphatic hydroxyl groups excluding tert-OH is 3. The van der Waals surface area contributed by atoms with Crippen LogP contribution in [0.1, 0.15) is 16.7 Å². The van der Waals surface area contributed by atoms with Gasteiger partial charge in [-0.25, -0.2) is 0 Å². The van der Waals surface area contributed by atoms with E-state index in [9.17, 15) is 25.5 Å². The molecule has 9 nitrogen and oxygen atoms in total. The molecule has 4 rings (SSSR count). The van der Waals surface area contributed by atoms with Crippen LogP contribution in [0.25, 0.3) is 0 Å². The van der Waals surface area contributed by atoms with E-state index in [1.165, 1.54) is 0 Å². The molecule has 192 valence electrons. The number of hydrogen-bond acceptors (Lipinski definition) is 9. The Morgan fingerprint density at radius 2 is 1.06 bits per heavy atom. The molecule has 1 aliphatic heterocycles. The maximum atomic E-state index is 10.4. The second-order valence-corrected chi connectivity index (χ2v) is 8.62. The Labute approximate surface area is 208 Å². The Balaban J connectivity index is 1.27. The fourth-order valence-corrected chi connectivity index (χ4v) is 3.71. The molecule has 9 heteroatoms. The lowest BCUT2D eigenvalue weighted by atomic mass is 9.99. The highest BCUT2D eigenvalue weighted by Gasteiger charge is 2.45. The van der Waals surface area contributed by atoms with Crippen molar-refractivity contribution in [3.05, 3.63) is 89.5 Å². The van der Waals surface area contributed by atoms with Crippen LogP contribution >= 0.6 is 0 Å². The van der Waals surface area contributed by atoms with Crippen molar-refractivity contribution in [1.29, 1.82) is 0 Å². The Bertz CT molecular complexity index is 1070. The molecule has 0 unspecified atom stereocenters. The molecule has 0 bridgehead atoms. The van der Waals surface area contributed by atoms with Gasteiger partial charge in [-0.1, -0.05) is 36.4 Å². The van der Waals surface area contributed by atoms with Gasteiger partial charge in [0.1, 0.15) is 41.7 Å². The highest BCUT2D eigenvalue weighted by molar-refractivity contribution is 5.28. The van der Waals surface area contributed by atoms with Crippen LogP contribution in [0.2, 0.25) is 0 Å². The second-order valence-electron chi connectivity index (χ2n) is 8.62.